The Morgan fingerprint density at radius 3 is 2.56 bits per heavy atom. The number of hydrogen-bond donors (Lipinski definition) is 0. The van der Waals surface area contributed by atoms with Gasteiger partial charge < -0.3 is 4.90 Å². The first-order chi connectivity index (χ1) is 12.0. The number of hydrogen-bond acceptors (Lipinski definition) is 4. The molecule has 3 aromatic rings. The number of likely N-dealkylation sites (N-methyl/N-ethyl adjacent to an activating group) is 1. The molecule has 0 atom stereocenters. The number of carbonyl (C=O) groups is 1. The first kappa shape index (κ1) is 17.6. The monoisotopic (exact) mass is 353 g/mol. The summed E-state index contributed by atoms with van der Waals surface area (Å²) in [4.78, 5) is 21.8. The van der Waals surface area contributed by atoms with Crippen molar-refractivity contribution in [1.29, 1.82) is 0 Å². The van der Waals surface area contributed by atoms with Crippen molar-refractivity contribution in [3.05, 3.63) is 59.2 Å². The van der Waals surface area contributed by atoms with E-state index in [9.17, 15) is 4.79 Å². The first-order valence-corrected chi connectivity index (χ1v) is 9.17. The third-order valence-electron chi connectivity index (χ3n) is 4.16. The number of rotatable bonds is 5. The molecule has 5 heteroatoms. The summed E-state index contributed by atoms with van der Waals surface area (Å²) in [6.07, 6.45) is 0. The first-order valence-electron chi connectivity index (χ1n) is 8.35. The van der Waals surface area contributed by atoms with Crippen LogP contribution in [0, 0.1) is 13.8 Å². The number of aryl methyl sites for hydroxylation is 2. The van der Waals surface area contributed by atoms with Gasteiger partial charge in [-0.25, -0.2) is 4.98 Å². The molecule has 0 unspecified atom stereocenters. The second-order valence-corrected chi connectivity index (χ2v) is 7.55. The summed E-state index contributed by atoms with van der Waals surface area (Å²) in [5.74, 6) is 0.00993. The number of nitrogens with zero attached hydrogens (tertiary/aromatic N) is 3. The summed E-state index contributed by atoms with van der Waals surface area (Å²) >= 11 is 1.58. The molecule has 0 radical (unpaired) electrons. The zero-order valence-electron chi connectivity index (χ0n) is 15.1. The Kier molecular flexibility index (Phi) is 5.16. The van der Waals surface area contributed by atoms with Crippen molar-refractivity contribution in [3.8, 4) is 0 Å². The van der Waals surface area contributed by atoms with Crippen LogP contribution < -0.4 is 4.90 Å². The fourth-order valence-corrected chi connectivity index (χ4v) is 3.77. The largest absolute Gasteiger partial charge is 0.308 e. The van der Waals surface area contributed by atoms with Crippen molar-refractivity contribution in [2.24, 2.45) is 0 Å². The number of benzene rings is 2. The maximum atomic E-state index is 13.2. The van der Waals surface area contributed by atoms with Crippen LogP contribution in [0.5, 0.6) is 0 Å². The van der Waals surface area contributed by atoms with E-state index in [1.54, 1.807) is 11.3 Å². The van der Waals surface area contributed by atoms with Crippen LogP contribution in [0.25, 0.3) is 10.2 Å². The Hall–Kier alpha value is -2.24. The van der Waals surface area contributed by atoms with Crippen LogP contribution in [0.15, 0.2) is 42.5 Å². The Morgan fingerprint density at radius 1 is 1.08 bits per heavy atom. The summed E-state index contributed by atoms with van der Waals surface area (Å²) in [5, 5.41) is 0.760. The molecule has 1 amide bonds. The third-order valence-corrected chi connectivity index (χ3v) is 5.20. The fraction of sp³-hybridized carbons (Fsp3) is 0.300. The number of anilines is 1. The summed E-state index contributed by atoms with van der Waals surface area (Å²) in [6.45, 7) is 5.44. The molecule has 4 nitrogen and oxygen atoms in total. The van der Waals surface area contributed by atoms with E-state index in [1.807, 2.05) is 56.3 Å². The van der Waals surface area contributed by atoms with Crippen LogP contribution in [0.1, 0.15) is 21.5 Å². The molecule has 0 aliphatic heterocycles. The maximum absolute atomic E-state index is 13.2. The van der Waals surface area contributed by atoms with Gasteiger partial charge in [0.15, 0.2) is 5.13 Å². The van der Waals surface area contributed by atoms with E-state index in [4.69, 9.17) is 4.98 Å². The minimum atomic E-state index is 0.00993. The standard InChI is InChI=1S/C20H23N3OS/c1-14-9-10-17-18(13-14)25-20(21-17)23(12-11-22(3)4)19(24)16-8-6-5-7-15(16)2/h5-10,13H,11-12H2,1-4H3. The molecule has 0 aliphatic rings. The smallest absolute Gasteiger partial charge is 0.260 e. The highest BCUT2D eigenvalue weighted by Crippen LogP contribution is 2.30. The molecule has 0 spiro atoms. The summed E-state index contributed by atoms with van der Waals surface area (Å²) < 4.78 is 1.11. The quantitative estimate of drug-likeness (QED) is 0.692. The van der Waals surface area contributed by atoms with Gasteiger partial charge >= 0.3 is 0 Å². The molecule has 1 heterocycles. The van der Waals surface area contributed by atoms with E-state index < -0.39 is 0 Å². The van der Waals surface area contributed by atoms with Crippen LogP contribution in [-0.4, -0.2) is 43.0 Å². The minimum absolute atomic E-state index is 0.00993. The van der Waals surface area contributed by atoms with Crippen molar-refractivity contribution < 1.29 is 4.79 Å². The second kappa shape index (κ2) is 7.33. The van der Waals surface area contributed by atoms with Gasteiger partial charge in [0.2, 0.25) is 0 Å². The van der Waals surface area contributed by atoms with Crippen LogP contribution >= 0.6 is 11.3 Å². The molecule has 3 rings (SSSR count). The molecule has 2 aromatic carbocycles. The van der Waals surface area contributed by atoms with E-state index in [0.717, 1.165) is 33.0 Å². The summed E-state index contributed by atoms with van der Waals surface area (Å²) in [5.41, 5.74) is 3.86. The van der Waals surface area contributed by atoms with Gasteiger partial charge in [0.1, 0.15) is 0 Å². The molecular formula is C20H23N3OS. The van der Waals surface area contributed by atoms with Gasteiger partial charge in [-0.15, -0.1) is 0 Å². The molecular weight excluding hydrogens is 330 g/mol. The molecule has 0 aliphatic carbocycles. The predicted octanol–water partition coefficient (Wildman–Crippen LogP) is 4.12. The van der Waals surface area contributed by atoms with Crippen molar-refractivity contribution in [1.82, 2.24) is 9.88 Å². The Labute approximate surface area is 152 Å². The van der Waals surface area contributed by atoms with Crippen LogP contribution in [0.4, 0.5) is 5.13 Å². The maximum Gasteiger partial charge on any atom is 0.260 e. The summed E-state index contributed by atoms with van der Waals surface area (Å²) in [7, 11) is 4.02. The summed E-state index contributed by atoms with van der Waals surface area (Å²) in [6, 6.07) is 13.9. The van der Waals surface area contributed by atoms with E-state index in [0.29, 0.717) is 6.54 Å². The van der Waals surface area contributed by atoms with Gasteiger partial charge in [-0.1, -0.05) is 35.6 Å². The lowest BCUT2D eigenvalue weighted by Crippen LogP contribution is -2.37. The molecule has 0 saturated carbocycles. The van der Waals surface area contributed by atoms with Crippen molar-refractivity contribution in [2.45, 2.75) is 13.8 Å². The fourth-order valence-electron chi connectivity index (χ4n) is 2.68. The Balaban J connectivity index is 2.01. The van der Waals surface area contributed by atoms with Crippen LogP contribution in [0.3, 0.4) is 0 Å². The van der Waals surface area contributed by atoms with Crippen molar-refractivity contribution in [2.75, 3.05) is 32.1 Å². The Bertz CT molecular complexity index is 901. The molecule has 0 saturated heterocycles. The Morgan fingerprint density at radius 2 is 1.84 bits per heavy atom. The number of fused-ring (bicyclic) bond motifs is 1. The van der Waals surface area contributed by atoms with Gasteiger partial charge in [-0.2, -0.15) is 0 Å². The highest BCUT2D eigenvalue weighted by atomic mass is 32.1. The van der Waals surface area contributed by atoms with Crippen molar-refractivity contribution in [3.63, 3.8) is 0 Å². The van der Waals surface area contributed by atoms with E-state index in [1.165, 1.54) is 5.56 Å². The van der Waals surface area contributed by atoms with E-state index in [-0.39, 0.29) is 5.91 Å². The molecule has 1 aromatic heterocycles. The SMILES string of the molecule is Cc1ccc2nc(N(CCN(C)C)C(=O)c3ccccc3C)sc2c1. The molecule has 0 bridgehead atoms. The number of amides is 1. The average molecular weight is 353 g/mol. The predicted molar refractivity (Wildman–Crippen MR) is 106 cm³/mol. The molecule has 0 fully saturated rings. The average Bonchev–Trinajstić information content (AvgIpc) is 2.97. The minimum Gasteiger partial charge on any atom is -0.308 e. The van der Waals surface area contributed by atoms with E-state index >= 15 is 0 Å². The zero-order chi connectivity index (χ0) is 18.0. The lowest BCUT2D eigenvalue weighted by Gasteiger charge is -2.22. The van der Waals surface area contributed by atoms with E-state index in [2.05, 4.69) is 24.0 Å². The molecule has 130 valence electrons. The zero-order valence-corrected chi connectivity index (χ0v) is 15.9. The normalized spacial score (nSPS) is 11.2. The molecule has 0 N–H and O–H groups in total. The second-order valence-electron chi connectivity index (χ2n) is 6.54. The highest BCUT2D eigenvalue weighted by molar-refractivity contribution is 7.22. The topological polar surface area (TPSA) is 36.4 Å². The van der Waals surface area contributed by atoms with Crippen LogP contribution in [0.2, 0.25) is 0 Å². The van der Waals surface area contributed by atoms with Gasteiger partial charge in [0.25, 0.3) is 5.91 Å². The van der Waals surface area contributed by atoms with Gasteiger partial charge in [-0.05, 0) is 57.3 Å². The van der Waals surface area contributed by atoms with Gasteiger partial charge in [0.05, 0.1) is 10.2 Å². The third kappa shape index (κ3) is 3.89. The van der Waals surface area contributed by atoms with Crippen molar-refractivity contribution >= 4 is 32.6 Å². The lowest BCUT2D eigenvalue weighted by atomic mass is 10.1. The number of thiazole rings is 1. The number of carbonyl (C=O) groups excluding carboxylic acids is 1. The highest BCUT2D eigenvalue weighted by Gasteiger charge is 2.22. The lowest BCUT2D eigenvalue weighted by molar-refractivity contribution is 0.0984. The number of aromatic nitrogens is 1. The molecule has 25 heavy (non-hydrogen) atoms. The van der Waals surface area contributed by atoms with Gasteiger partial charge in [0, 0.05) is 18.7 Å². The van der Waals surface area contributed by atoms with Crippen LogP contribution in [-0.2, 0) is 0 Å². The van der Waals surface area contributed by atoms with Gasteiger partial charge in [-0.3, -0.25) is 9.69 Å².